The standard InChI is InChI=1S/C17H24O/c1-16(2)11-4-12-17(16,18)15-9-7-14(8-10-15)13-5-3-6-13/h7-10,13,18H,3-6,11-12H2,1-2H3. The lowest BCUT2D eigenvalue weighted by Crippen LogP contribution is -2.36. The first-order chi connectivity index (χ1) is 8.53. The van der Waals surface area contributed by atoms with Crippen molar-refractivity contribution < 1.29 is 5.11 Å². The molecular formula is C17H24O. The number of benzene rings is 1. The minimum atomic E-state index is -0.620. The van der Waals surface area contributed by atoms with Gasteiger partial charge in [0.2, 0.25) is 0 Å². The van der Waals surface area contributed by atoms with Gasteiger partial charge in [0.15, 0.2) is 0 Å². The van der Waals surface area contributed by atoms with Crippen LogP contribution in [-0.4, -0.2) is 5.11 Å². The molecule has 0 amide bonds. The van der Waals surface area contributed by atoms with E-state index in [1.54, 1.807) is 0 Å². The van der Waals surface area contributed by atoms with Crippen LogP contribution in [0.2, 0.25) is 0 Å². The predicted octanol–water partition coefficient (Wildman–Crippen LogP) is 4.35. The van der Waals surface area contributed by atoms with Crippen molar-refractivity contribution in [2.75, 3.05) is 0 Å². The quantitative estimate of drug-likeness (QED) is 0.820. The van der Waals surface area contributed by atoms with Crippen LogP contribution in [0.3, 0.4) is 0 Å². The van der Waals surface area contributed by atoms with E-state index < -0.39 is 5.60 Å². The van der Waals surface area contributed by atoms with Crippen molar-refractivity contribution in [2.45, 2.75) is 63.9 Å². The lowest BCUT2D eigenvalue weighted by molar-refractivity contribution is -0.0485. The maximum atomic E-state index is 11.0. The molecule has 1 aromatic carbocycles. The van der Waals surface area contributed by atoms with Crippen molar-refractivity contribution >= 4 is 0 Å². The van der Waals surface area contributed by atoms with Crippen molar-refractivity contribution in [3.8, 4) is 0 Å². The lowest BCUT2D eigenvalue weighted by atomic mass is 9.72. The first-order valence-electron chi connectivity index (χ1n) is 7.36. The fourth-order valence-corrected chi connectivity index (χ4v) is 3.64. The second kappa shape index (κ2) is 4.09. The van der Waals surface area contributed by atoms with Gasteiger partial charge in [-0.05, 0) is 54.6 Å². The molecule has 2 aliphatic carbocycles. The zero-order valence-corrected chi connectivity index (χ0v) is 11.6. The summed E-state index contributed by atoms with van der Waals surface area (Å²) in [5.74, 6) is 0.783. The van der Waals surface area contributed by atoms with Gasteiger partial charge in [0, 0.05) is 0 Å². The number of aliphatic hydroxyl groups is 1. The van der Waals surface area contributed by atoms with Gasteiger partial charge in [0.05, 0.1) is 5.60 Å². The van der Waals surface area contributed by atoms with Crippen molar-refractivity contribution in [1.82, 2.24) is 0 Å². The third kappa shape index (κ3) is 1.72. The van der Waals surface area contributed by atoms with Gasteiger partial charge in [-0.2, -0.15) is 0 Å². The smallest absolute Gasteiger partial charge is 0.0947 e. The Balaban J connectivity index is 1.88. The molecule has 1 atom stereocenters. The van der Waals surface area contributed by atoms with Crippen LogP contribution < -0.4 is 0 Å². The average Bonchev–Trinajstić information content (AvgIpc) is 2.53. The number of hydrogen-bond donors (Lipinski definition) is 1. The highest BCUT2D eigenvalue weighted by molar-refractivity contribution is 5.32. The van der Waals surface area contributed by atoms with E-state index in [2.05, 4.69) is 38.1 Å². The van der Waals surface area contributed by atoms with E-state index in [9.17, 15) is 5.11 Å². The molecule has 1 heteroatoms. The molecule has 0 aromatic heterocycles. The van der Waals surface area contributed by atoms with E-state index in [4.69, 9.17) is 0 Å². The van der Waals surface area contributed by atoms with Gasteiger partial charge >= 0.3 is 0 Å². The average molecular weight is 244 g/mol. The van der Waals surface area contributed by atoms with Crippen molar-refractivity contribution in [3.63, 3.8) is 0 Å². The monoisotopic (exact) mass is 244 g/mol. The van der Waals surface area contributed by atoms with E-state index in [1.807, 2.05) is 0 Å². The van der Waals surface area contributed by atoms with Gasteiger partial charge in [0.25, 0.3) is 0 Å². The molecule has 1 aromatic rings. The first kappa shape index (κ1) is 12.2. The summed E-state index contributed by atoms with van der Waals surface area (Å²) in [5.41, 5.74) is 1.97. The Hall–Kier alpha value is -0.820. The van der Waals surface area contributed by atoms with Crippen LogP contribution in [0.1, 0.15) is 69.4 Å². The highest BCUT2D eigenvalue weighted by Crippen LogP contribution is 2.52. The van der Waals surface area contributed by atoms with Crippen LogP contribution in [-0.2, 0) is 5.60 Å². The number of rotatable bonds is 2. The predicted molar refractivity (Wildman–Crippen MR) is 74.6 cm³/mol. The highest BCUT2D eigenvalue weighted by atomic mass is 16.3. The Morgan fingerprint density at radius 2 is 1.67 bits per heavy atom. The van der Waals surface area contributed by atoms with Crippen molar-refractivity contribution in [3.05, 3.63) is 35.4 Å². The molecule has 3 rings (SSSR count). The molecule has 0 heterocycles. The minimum absolute atomic E-state index is 0.00495. The molecule has 2 fully saturated rings. The fraction of sp³-hybridized carbons (Fsp3) is 0.647. The fourth-order valence-electron chi connectivity index (χ4n) is 3.64. The molecule has 1 unspecified atom stereocenters. The van der Waals surface area contributed by atoms with Crippen LogP contribution in [0.15, 0.2) is 24.3 Å². The third-order valence-corrected chi connectivity index (χ3v) is 5.42. The summed E-state index contributed by atoms with van der Waals surface area (Å²) in [6.07, 6.45) is 7.22. The molecule has 0 aliphatic heterocycles. The summed E-state index contributed by atoms with van der Waals surface area (Å²) >= 11 is 0. The van der Waals surface area contributed by atoms with Gasteiger partial charge in [-0.1, -0.05) is 44.5 Å². The van der Waals surface area contributed by atoms with Crippen LogP contribution in [0.25, 0.3) is 0 Å². The van der Waals surface area contributed by atoms with E-state index >= 15 is 0 Å². The summed E-state index contributed by atoms with van der Waals surface area (Å²) in [4.78, 5) is 0. The topological polar surface area (TPSA) is 20.2 Å². The summed E-state index contributed by atoms with van der Waals surface area (Å²) in [6, 6.07) is 8.82. The zero-order chi connectivity index (χ0) is 12.8. The minimum Gasteiger partial charge on any atom is -0.385 e. The van der Waals surface area contributed by atoms with Crippen LogP contribution in [0, 0.1) is 5.41 Å². The van der Waals surface area contributed by atoms with E-state index in [0.29, 0.717) is 0 Å². The first-order valence-corrected chi connectivity index (χ1v) is 7.36. The van der Waals surface area contributed by atoms with E-state index in [0.717, 1.165) is 30.7 Å². The van der Waals surface area contributed by atoms with Gasteiger partial charge in [-0.25, -0.2) is 0 Å². The van der Waals surface area contributed by atoms with Crippen molar-refractivity contribution in [2.24, 2.45) is 5.41 Å². The van der Waals surface area contributed by atoms with Crippen LogP contribution in [0.4, 0.5) is 0 Å². The lowest BCUT2D eigenvalue weighted by Gasteiger charge is -2.37. The maximum absolute atomic E-state index is 11.0. The molecule has 18 heavy (non-hydrogen) atoms. The molecule has 1 nitrogen and oxygen atoms in total. The molecule has 0 saturated heterocycles. The Morgan fingerprint density at radius 1 is 1.00 bits per heavy atom. The molecule has 2 aliphatic rings. The summed E-state index contributed by atoms with van der Waals surface area (Å²) in [7, 11) is 0. The molecule has 0 radical (unpaired) electrons. The van der Waals surface area contributed by atoms with Crippen LogP contribution >= 0.6 is 0 Å². The van der Waals surface area contributed by atoms with Gasteiger partial charge in [-0.3, -0.25) is 0 Å². The Morgan fingerprint density at radius 3 is 2.11 bits per heavy atom. The maximum Gasteiger partial charge on any atom is 0.0947 e. The zero-order valence-electron chi connectivity index (χ0n) is 11.6. The second-order valence-corrected chi connectivity index (χ2v) is 6.85. The van der Waals surface area contributed by atoms with Gasteiger partial charge in [-0.15, -0.1) is 0 Å². The molecule has 0 spiro atoms. The molecule has 1 N–H and O–H groups in total. The molecule has 2 saturated carbocycles. The molecule has 0 bridgehead atoms. The molecule has 98 valence electrons. The van der Waals surface area contributed by atoms with E-state index in [-0.39, 0.29) is 5.41 Å². The van der Waals surface area contributed by atoms with Gasteiger partial charge in [0.1, 0.15) is 0 Å². The highest BCUT2D eigenvalue weighted by Gasteiger charge is 2.48. The molecular weight excluding hydrogens is 220 g/mol. The number of hydrogen-bond acceptors (Lipinski definition) is 1. The Labute approximate surface area is 110 Å². The van der Waals surface area contributed by atoms with Gasteiger partial charge < -0.3 is 5.11 Å². The summed E-state index contributed by atoms with van der Waals surface area (Å²) in [5, 5.41) is 11.0. The Bertz CT molecular complexity index is 427. The second-order valence-electron chi connectivity index (χ2n) is 6.85. The Kier molecular flexibility index (Phi) is 2.78. The summed E-state index contributed by atoms with van der Waals surface area (Å²) < 4.78 is 0. The van der Waals surface area contributed by atoms with Crippen molar-refractivity contribution in [1.29, 1.82) is 0 Å². The van der Waals surface area contributed by atoms with E-state index in [1.165, 1.54) is 24.8 Å². The van der Waals surface area contributed by atoms with Crippen LogP contribution in [0.5, 0.6) is 0 Å². The third-order valence-electron chi connectivity index (χ3n) is 5.42. The summed E-state index contributed by atoms with van der Waals surface area (Å²) in [6.45, 7) is 4.39. The largest absolute Gasteiger partial charge is 0.385 e. The SMILES string of the molecule is CC1(C)CCCC1(O)c1ccc(C2CCC2)cc1. The normalized spacial score (nSPS) is 31.3.